The Kier molecular flexibility index (Phi) is 2.67. The highest BCUT2D eigenvalue weighted by atomic mass is 16.4. The van der Waals surface area contributed by atoms with E-state index in [9.17, 15) is 4.79 Å². The van der Waals surface area contributed by atoms with E-state index in [0.29, 0.717) is 6.54 Å². The SMILES string of the molecule is CCn1ccnc1Cn1cc(C(=O)O)nn1. The molecule has 0 bridgehead atoms. The van der Waals surface area contributed by atoms with Crippen LogP contribution in [-0.2, 0) is 13.1 Å². The Balaban J connectivity index is 2.17. The van der Waals surface area contributed by atoms with Crippen molar-refractivity contribution in [3.05, 3.63) is 30.1 Å². The van der Waals surface area contributed by atoms with E-state index in [-0.39, 0.29) is 5.69 Å². The predicted octanol–water partition coefficient (Wildman–Crippen LogP) is 0.241. The standard InChI is InChI=1S/C9H11N5O2/c1-2-13-4-3-10-8(13)6-14-5-7(9(15)16)11-12-14/h3-5H,2,6H2,1H3,(H,15,16). The summed E-state index contributed by atoms with van der Waals surface area (Å²) in [5, 5.41) is 15.9. The average molecular weight is 221 g/mol. The Morgan fingerprint density at radius 2 is 2.38 bits per heavy atom. The molecule has 0 aliphatic heterocycles. The topological polar surface area (TPSA) is 85.8 Å². The Labute approximate surface area is 91.3 Å². The van der Waals surface area contributed by atoms with Gasteiger partial charge in [0.05, 0.1) is 6.20 Å². The number of carboxylic acid groups (broad SMARTS) is 1. The van der Waals surface area contributed by atoms with Crippen molar-refractivity contribution in [2.45, 2.75) is 20.0 Å². The molecule has 0 fully saturated rings. The highest BCUT2D eigenvalue weighted by Gasteiger charge is 2.09. The average Bonchev–Trinajstić information content (AvgIpc) is 2.87. The normalized spacial score (nSPS) is 10.6. The van der Waals surface area contributed by atoms with Crippen LogP contribution in [0.1, 0.15) is 23.2 Å². The van der Waals surface area contributed by atoms with Gasteiger partial charge in [-0.05, 0) is 6.92 Å². The first-order valence-corrected chi connectivity index (χ1v) is 4.84. The van der Waals surface area contributed by atoms with Gasteiger partial charge in [-0.3, -0.25) is 0 Å². The molecule has 0 amide bonds. The van der Waals surface area contributed by atoms with Crippen molar-refractivity contribution in [2.24, 2.45) is 0 Å². The Morgan fingerprint density at radius 3 is 3.00 bits per heavy atom. The molecule has 0 spiro atoms. The number of carboxylic acids is 1. The number of aryl methyl sites for hydroxylation is 1. The van der Waals surface area contributed by atoms with E-state index in [1.807, 2.05) is 17.7 Å². The molecular formula is C9H11N5O2. The molecule has 0 aliphatic rings. The molecule has 7 heteroatoms. The molecule has 0 aliphatic carbocycles. The summed E-state index contributed by atoms with van der Waals surface area (Å²) in [7, 11) is 0. The molecule has 0 aromatic carbocycles. The summed E-state index contributed by atoms with van der Waals surface area (Å²) in [5.74, 6) is -0.255. The summed E-state index contributed by atoms with van der Waals surface area (Å²) in [6.45, 7) is 3.24. The van der Waals surface area contributed by atoms with Crippen LogP contribution in [0.4, 0.5) is 0 Å². The van der Waals surface area contributed by atoms with Gasteiger partial charge in [-0.1, -0.05) is 5.21 Å². The van der Waals surface area contributed by atoms with E-state index in [1.165, 1.54) is 10.9 Å². The molecular weight excluding hydrogens is 210 g/mol. The molecule has 2 heterocycles. The van der Waals surface area contributed by atoms with E-state index in [4.69, 9.17) is 5.11 Å². The quantitative estimate of drug-likeness (QED) is 0.799. The van der Waals surface area contributed by atoms with Gasteiger partial charge in [0.2, 0.25) is 0 Å². The van der Waals surface area contributed by atoms with Gasteiger partial charge in [-0.2, -0.15) is 0 Å². The van der Waals surface area contributed by atoms with Gasteiger partial charge in [0.15, 0.2) is 5.69 Å². The van der Waals surface area contributed by atoms with Crippen LogP contribution in [0, 0.1) is 0 Å². The number of hydrogen-bond acceptors (Lipinski definition) is 4. The number of carbonyl (C=O) groups is 1. The van der Waals surface area contributed by atoms with Gasteiger partial charge in [-0.15, -0.1) is 5.10 Å². The first kappa shape index (κ1) is 10.3. The molecule has 0 atom stereocenters. The molecule has 0 unspecified atom stereocenters. The number of hydrogen-bond donors (Lipinski definition) is 1. The van der Waals surface area contributed by atoms with Gasteiger partial charge >= 0.3 is 5.97 Å². The molecule has 16 heavy (non-hydrogen) atoms. The summed E-state index contributed by atoms with van der Waals surface area (Å²) in [5.41, 5.74) is -0.0606. The largest absolute Gasteiger partial charge is 0.476 e. The smallest absolute Gasteiger partial charge is 0.358 e. The van der Waals surface area contributed by atoms with E-state index >= 15 is 0 Å². The Hall–Kier alpha value is -2.18. The van der Waals surface area contributed by atoms with Crippen LogP contribution in [0.25, 0.3) is 0 Å². The minimum Gasteiger partial charge on any atom is -0.476 e. The van der Waals surface area contributed by atoms with Crippen LogP contribution < -0.4 is 0 Å². The predicted molar refractivity (Wildman–Crippen MR) is 54.0 cm³/mol. The number of nitrogens with zero attached hydrogens (tertiary/aromatic N) is 5. The number of aromatic nitrogens is 5. The third-order valence-corrected chi connectivity index (χ3v) is 2.20. The Morgan fingerprint density at radius 1 is 1.56 bits per heavy atom. The van der Waals surface area contributed by atoms with Crippen molar-refractivity contribution in [2.75, 3.05) is 0 Å². The van der Waals surface area contributed by atoms with Crippen molar-refractivity contribution in [3.63, 3.8) is 0 Å². The van der Waals surface area contributed by atoms with Crippen molar-refractivity contribution in [1.82, 2.24) is 24.5 Å². The minimum absolute atomic E-state index is 0.0606. The third kappa shape index (κ3) is 1.92. The second kappa shape index (κ2) is 4.13. The first-order chi connectivity index (χ1) is 7.70. The van der Waals surface area contributed by atoms with Crippen LogP contribution in [0.5, 0.6) is 0 Å². The maximum absolute atomic E-state index is 10.6. The summed E-state index contributed by atoms with van der Waals surface area (Å²) in [4.78, 5) is 14.8. The lowest BCUT2D eigenvalue weighted by Crippen LogP contribution is -2.08. The van der Waals surface area contributed by atoms with Crippen molar-refractivity contribution >= 4 is 5.97 Å². The Bertz CT molecular complexity index is 501. The fourth-order valence-corrected chi connectivity index (χ4v) is 1.40. The maximum atomic E-state index is 10.6. The van der Waals surface area contributed by atoms with Crippen LogP contribution in [-0.4, -0.2) is 35.6 Å². The second-order valence-electron chi connectivity index (χ2n) is 3.24. The minimum atomic E-state index is -1.08. The molecule has 2 rings (SSSR count). The third-order valence-electron chi connectivity index (χ3n) is 2.20. The molecule has 84 valence electrons. The van der Waals surface area contributed by atoms with E-state index in [2.05, 4.69) is 15.3 Å². The highest BCUT2D eigenvalue weighted by molar-refractivity contribution is 5.84. The summed E-state index contributed by atoms with van der Waals surface area (Å²) < 4.78 is 3.42. The van der Waals surface area contributed by atoms with Gasteiger partial charge in [0.25, 0.3) is 0 Å². The van der Waals surface area contributed by atoms with Gasteiger partial charge in [0.1, 0.15) is 12.4 Å². The zero-order chi connectivity index (χ0) is 11.5. The summed E-state index contributed by atoms with van der Waals surface area (Å²) in [6.07, 6.45) is 4.95. The van der Waals surface area contributed by atoms with Crippen molar-refractivity contribution in [1.29, 1.82) is 0 Å². The molecule has 0 saturated heterocycles. The first-order valence-electron chi connectivity index (χ1n) is 4.84. The zero-order valence-corrected chi connectivity index (χ0v) is 8.74. The number of imidazole rings is 1. The lowest BCUT2D eigenvalue weighted by atomic mass is 10.5. The van der Waals surface area contributed by atoms with Gasteiger partial charge in [-0.25, -0.2) is 14.5 Å². The van der Waals surface area contributed by atoms with Crippen LogP contribution in [0.2, 0.25) is 0 Å². The molecule has 1 N–H and O–H groups in total. The van der Waals surface area contributed by atoms with E-state index in [0.717, 1.165) is 12.4 Å². The monoisotopic (exact) mass is 221 g/mol. The molecule has 0 saturated carbocycles. The number of rotatable bonds is 4. The molecule has 2 aromatic rings. The van der Waals surface area contributed by atoms with Crippen LogP contribution in [0.3, 0.4) is 0 Å². The lowest BCUT2D eigenvalue weighted by molar-refractivity contribution is 0.0690. The second-order valence-corrected chi connectivity index (χ2v) is 3.24. The number of aromatic carboxylic acids is 1. The van der Waals surface area contributed by atoms with Gasteiger partial charge in [0, 0.05) is 18.9 Å². The maximum Gasteiger partial charge on any atom is 0.358 e. The van der Waals surface area contributed by atoms with E-state index < -0.39 is 5.97 Å². The highest BCUT2D eigenvalue weighted by Crippen LogP contribution is 2.01. The zero-order valence-electron chi connectivity index (χ0n) is 8.74. The van der Waals surface area contributed by atoms with Crippen molar-refractivity contribution in [3.8, 4) is 0 Å². The fourth-order valence-electron chi connectivity index (χ4n) is 1.40. The van der Waals surface area contributed by atoms with Crippen molar-refractivity contribution < 1.29 is 9.90 Å². The molecule has 0 radical (unpaired) electrons. The summed E-state index contributed by atoms with van der Waals surface area (Å²) in [6, 6.07) is 0. The fraction of sp³-hybridized carbons (Fsp3) is 0.333. The molecule has 2 aromatic heterocycles. The van der Waals surface area contributed by atoms with Gasteiger partial charge < -0.3 is 9.67 Å². The van der Waals surface area contributed by atoms with E-state index in [1.54, 1.807) is 6.20 Å². The lowest BCUT2D eigenvalue weighted by Gasteiger charge is -2.03. The van der Waals surface area contributed by atoms with Crippen LogP contribution in [0.15, 0.2) is 18.6 Å². The summed E-state index contributed by atoms with van der Waals surface area (Å²) >= 11 is 0. The molecule has 7 nitrogen and oxygen atoms in total. The van der Waals surface area contributed by atoms with Crippen LogP contribution >= 0.6 is 0 Å².